The molecular formula is C9H6F5NO2. The summed E-state index contributed by atoms with van der Waals surface area (Å²) in [6.07, 6.45) is -7.68. The van der Waals surface area contributed by atoms with Gasteiger partial charge in [-0.05, 0) is 6.07 Å². The fraction of sp³-hybridized carbons (Fsp3) is 0.333. The van der Waals surface area contributed by atoms with Crippen LogP contribution in [0.15, 0.2) is 12.3 Å². The van der Waals surface area contributed by atoms with E-state index in [9.17, 15) is 26.7 Å². The highest BCUT2D eigenvalue weighted by Crippen LogP contribution is 2.31. The Morgan fingerprint density at radius 2 is 2.00 bits per heavy atom. The van der Waals surface area contributed by atoms with Gasteiger partial charge in [0.1, 0.15) is 5.69 Å². The standard InChI is InChI=1S/C9H6F5NO2/c1-17-8(16)5-2-4(9(12,13)14)3-15-6(5)7(10)11/h2-3,7H,1H3. The number of hydrogen-bond donors (Lipinski definition) is 0. The number of methoxy groups -OCH3 is 1. The number of esters is 1. The van der Waals surface area contributed by atoms with Gasteiger partial charge in [-0.1, -0.05) is 0 Å². The second-order valence-electron chi connectivity index (χ2n) is 2.95. The molecule has 3 nitrogen and oxygen atoms in total. The molecule has 1 aromatic heterocycles. The molecule has 1 aromatic rings. The van der Waals surface area contributed by atoms with E-state index < -0.39 is 35.4 Å². The summed E-state index contributed by atoms with van der Waals surface area (Å²) in [6, 6.07) is 0.292. The van der Waals surface area contributed by atoms with Crippen LogP contribution < -0.4 is 0 Å². The zero-order valence-corrected chi connectivity index (χ0v) is 8.39. The number of ether oxygens (including phenoxy) is 1. The van der Waals surface area contributed by atoms with Crippen molar-refractivity contribution >= 4 is 5.97 Å². The molecule has 0 amide bonds. The second kappa shape index (κ2) is 4.64. The second-order valence-corrected chi connectivity index (χ2v) is 2.95. The Bertz CT molecular complexity index is 430. The summed E-state index contributed by atoms with van der Waals surface area (Å²) < 4.78 is 65.8. The van der Waals surface area contributed by atoms with Crippen LogP contribution in [0.2, 0.25) is 0 Å². The molecule has 1 rings (SSSR count). The molecule has 0 bridgehead atoms. The van der Waals surface area contributed by atoms with E-state index in [1.165, 1.54) is 0 Å². The zero-order chi connectivity index (χ0) is 13.2. The SMILES string of the molecule is COC(=O)c1cc(C(F)(F)F)cnc1C(F)F. The van der Waals surface area contributed by atoms with E-state index >= 15 is 0 Å². The minimum Gasteiger partial charge on any atom is -0.465 e. The average Bonchev–Trinajstić information content (AvgIpc) is 2.25. The monoisotopic (exact) mass is 255 g/mol. The molecule has 0 aliphatic heterocycles. The van der Waals surface area contributed by atoms with E-state index in [0.29, 0.717) is 6.07 Å². The van der Waals surface area contributed by atoms with Gasteiger partial charge in [-0.3, -0.25) is 4.98 Å². The van der Waals surface area contributed by atoms with Gasteiger partial charge in [0, 0.05) is 6.20 Å². The first-order valence-electron chi connectivity index (χ1n) is 4.21. The Kier molecular flexibility index (Phi) is 3.64. The fourth-order valence-corrected chi connectivity index (χ4v) is 1.08. The van der Waals surface area contributed by atoms with Gasteiger partial charge in [-0.15, -0.1) is 0 Å². The van der Waals surface area contributed by atoms with Crippen LogP contribution in [-0.4, -0.2) is 18.1 Å². The maximum absolute atomic E-state index is 12.4. The van der Waals surface area contributed by atoms with Crippen LogP contribution in [0.5, 0.6) is 0 Å². The Morgan fingerprint density at radius 1 is 1.41 bits per heavy atom. The minimum atomic E-state index is -4.77. The number of carbonyl (C=O) groups excluding carboxylic acids is 1. The topological polar surface area (TPSA) is 39.2 Å². The van der Waals surface area contributed by atoms with Gasteiger partial charge in [0.25, 0.3) is 6.43 Å². The number of alkyl halides is 5. The summed E-state index contributed by atoms with van der Waals surface area (Å²) in [5.41, 5.74) is -3.22. The molecule has 0 N–H and O–H groups in total. The number of hydrogen-bond acceptors (Lipinski definition) is 3. The third-order valence-corrected chi connectivity index (χ3v) is 1.86. The fourth-order valence-electron chi connectivity index (χ4n) is 1.08. The van der Waals surface area contributed by atoms with Gasteiger partial charge < -0.3 is 4.74 Å². The summed E-state index contributed by atoms with van der Waals surface area (Å²) in [5.74, 6) is -1.29. The number of carbonyl (C=O) groups is 1. The van der Waals surface area contributed by atoms with E-state index in [1.807, 2.05) is 0 Å². The van der Waals surface area contributed by atoms with Gasteiger partial charge >= 0.3 is 12.1 Å². The van der Waals surface area contributed by atoms with Crippen LogP contribution in [-0.2, 0) is 10.9 Å². The molecule has 94 valence electrons. The maximum Gasteiger partial charge on any atom is 0.417 e. The molecule has 0 unspecified atom stereocenters. The lowest BCUT2D eigenvalue weighted by atomic mass is 10.1. The Hall–Kier alpha value is -1.73. The number of aromatic nitrogens is 1. The maximum atomic E-state index is 12.4. The highest BCUT2D eigenvalue weighted by molar-refractivity contribution is 5.90. The highest BCUT2D eigenvalue weighted by Gasteiger charge is 2.33. The third-order valence-electron chi connectivity index (χ3n) is 1.86. The average molecular weight is 255 g/mol. The first-order chi connectivity index (χ1) is 7.77. The smallest absolute Gasteiger partial charge is 0.417 e. The molecule has 0 fully saturated rings. The van der Waals surface area contributed by atoms with Crippen LogP contribution in [0.1, 0.15) is 28.0 Å². The van der Waals surface area contributed by atoms with Crippen LogP contribution in [0, 0.1) is 0 Å². The summed E-state index contributed by atoms with van der Waals surface area (Å²) in [5, 5.41) is 0. The number of pyridine rings is 1. The molecule has 0 saturated heterocycles. The van der Waals surface area contributed by atoms with Gasteiger partial charge in [-0.2, -0.15) is 13.2 Å². The third kappa shape index (κ3) is 2.89. The van der Waals surface area contributed by atoms with Crippen LogP contribution in [0.4, 0.5) is 22.0 Å². The molecule has 0 saturated carbocycles. The van der Waals surface area contributed by atoms with Gasteiger partial charge in [-0.25, -0.2) is 13.6 Å². The largest absolute Gasteiger partial charge is 0.465 e. The van der Waals surface area contributed by atoms with Crippen LogP contribution >= 0.6 is 0 Å². The quantitative estimate of drug-likeness (QED) is 0.602. The molecule has 0 aliphatic rings. The molecule has 1 heterocycles. The van der Waals surface area contributed by atoms with E-state index in [0.717, 1.165) is 7.11 Å². The van der Waals surface area contributed by atoms with Crippen molar-refractivity contribution in [2.75, 3.05) is 7.11 Å². The lowest BCUT2D eigenvalue weighted by molar-refractivity contribution is -0.137. The van der Waals surface area contributed by atoms with Gasteiger partial charge in [0.15, 0.2) is 0 Å². The van der Waals surface area contributed by atoms with Crippen molar-refractivity contribution in [1.82, 2.24) is 4.98 Å². The summed E-state index contributed by atoms with van der Waals surface area (Å²) in [6.45, 7) is 0. The van der Waals surface area contributed by atoms with Gasteiger partial charge in [0.05, 0.1) is 18.2 Å². The van der Waals surface area contributed by atoms with Crippen molar-refractivity contribution < 1.29 is 31.5 Å². The number of rotatable bonds is 2. The first-order valence-corrected chi connectivity index (χ1v) is 4.21. The molecular weight excluding hydrogens is 249 g/mol. The highest BCUT2D eigenvalue weighted by atomic mass is 19.4. The minimum absolute atomic E-state index is 0.244. The van der Waals surface area contributed by atoms with Crippen molar-refractivity contribution in [2.45, 2.75) is 12.6 Å². The molecule has 0 aliphatic carbocycles. The van der Waals surface area contributed by atoms with Crippen molar-refractivity contribution in [3.8, 4) is 0 Å². The van der Waals surface area contributed by atoms with E-state index in [4.69, 9.17) is 0 Å². The number of nitrogens with zero attached hydrogens (tertiary/aromatic N) is 1. The van der Waals surface area contributed by atoms with E-state index in [2.05, 4.69) is 9.72 Å². The Balaban J connectivity index is 3.34. The van der Waals surface area contributed by atoms with E-state index in [-0.39, 0.29) is 6.20 Å². The Labute approximate surface area is 92.2 Å². The van der Waals surface area contributed by atoms with Crippen molar-refractivity contribution in [3.05, 3.63) is 29.1 Å². The number of halogens is 5. The van der Waals surface area contributed by atoms with Crippen molar-refractivity contribution in [3.63, 3.8) is 0 Å². The van der Waals surface area contributed by atoms with Crippen molar-refractivity contribution in [2.24, 2.45) is 0 Å². The molecule has 0 spiro atoms. The first kappa shape index (κ1) is 13.3. The predicted octanol–water partition coefficient (Wildman–Crippen LogP) is 2.82. The van der Waals surface area contributed by atoms with Gasteiger partial charge in [0.2, 0.25) is 0 Å². The van der Waals surface area contributed by atoms with Crippen LogP contribution in [0.3, 0.4) is 0 Å². The lowest BCUT2D eigenvalue weighted by Gasteiger charge is -2.10. The molecule has 8 heteroatoms. The molecule has 0 atom stereocenters. The summed E-state index contributed by atoms with van der Waals surface area (Å²) in [4.78, 5) is 14.0. The molecule has 0 radical (unpaired) electrons. The molecule has 17 heavy (non-hydrogen) atoms. The normalized spacial score (nSPS) is 11.7. The van der Waals surface area contributed by atoms with Crippen molar-refractivity contribution in [1.29, 1.82) is 0 Å². The summed E-state index contributed by atoms with van der Waals surface area (Å²) >= 11 is 0. The zero-order valence-electron chi connectivity index (χ0n) is 8.39. The van der Waals surface area contributed by atoms with E-state index in [1.54, 1.807) is 0 Å². The molecule has 0 aromatic carbocycles. The lowest BCUT2D eigenvalue weighted by Crippen LogP contribution is -2.13. The van der Waals surface area contributed by atoms with Crippen LogP contribution in [0.25, 0.3) is 0 Å². The summed E-state index contributed by atoms with van der Waals surface area (Å²) in [7, 11) is 0.873. The predicted molar refractivity (Wildman–Crippen MR) is 45.5 cm³/mol. The Morgan fingerprint density at radius 3 is 2.41 bits per heavy atom.